The molecule has 0 saturated heterocycles. The standard InChI is InChI=1S/C13H17BrN2O2/c1-8(15)10-7-9(14)5-6-11(10)16-12(17)18-13(2,3)4/h5-7,15H,1-4H3,(H,16,17)/p+1. The van der Waals surface area contributed by atoms with Gasteiger partial charge in [0.2, 0.25) is 0 Å². The van der Waals surface area contributed by atoms with E-state index in [0.717, 1.165) is 10.0 Å². The number of benzene rings is 1. The van der Waals surface area contributed by atoms with Crippen molar-refractivity contribution in [3.8, 4) is 0 Å². The lowest BCUT2D eigenvalue weighted by atomic mass is 10.1. The number of amides is 1. The Morgan fingerprint density at radius 1 is 1.39 bits per heavy atom. The molecule has 1 aromatic carbocycles. The molecule has 0 heterocycles. The second-order valence-electron chi connectivity index (χ2n) is 5.00. The minimum absolute atomic E-state index is 0.493. The first-order valence-corrected chi connectivity index (χ1v) is 6.37. The fraction of sp³-hybridized carbons (Fsp3) is 0.385. The Morgan fingerprint density at radius 2 is 2.00 bits per heavy atom. The van der Waals surface area contributed by atoms with Crippen LogP contribution in [-0.2, 0) is 4.74 Å². The fourth-order valence-corrected chi connectivity index (χ4v) is 1.73. The Labute approximate surface area is 115 Å². The van der Waals surface area contributed by atoms with Crippen LogP contribution in [0.5, 0.6) is 0 Å². The second kappa shape index (κ2) is 5.52. The van der Waals surface area contributed by atoms with E-state index in [2.05, 4.69) is 21.2 Å². The van der Waals surface area contributed by atoms with Gasteiger partial charge in [0, 0.05) is 11.4 Å². The first-order chi connectivity index (χ1) is 8.19. The van der Waals surface area contributed by atoms with Crippen LogP contribution in [0, 0.1) is 0 Å². The van der Waals surface area contributed by atoms with Crippen LogP contribution in [0.1, 0.15) is 33.3 Å². The van der Waals surface area contributed by atoms with E-state index in [4.69, 9.17) is 10.1 Å². The van der Waals surface area contributed by atoms with Crippen LogP contribution < -0.4 is 10.7 Å². The molecular weight excluding hydrogens is 296 g/mol. The lowest BCUT2D eigenvalue weighted by molar-refractivity contribution is -0.113. The van der Waals surface area contributed by atoms with E-state index in [1.165, 1.54) is 0 Å². The molecule has 0 spiro atoms. The molecule has 0 fully saturated rings. The summed E-state index contributed by atoms with van der Waals surface area (Å²) in [4.78, 5) is 11.7. The highest BCUT2D eigenvalue weighted by Gasteiger charge is 2.18. The van der Waals surface area contributed by atoms with Crippen molar-refractivity contribution in [3.63, 3.8) is 0 Å². The van der Waals surface area contributed by atoms with Gasteiger partial charge in [0.05, 0.1) is 11.3 Å². The molecule has 98 valence electrons. The summed E-state index contributed by atoms with van der Waals surface area (Å²) in [6.07, 6.45) is -0.493. The summed E-state index contributed by atoms with van der Waals surface area (Å²) < 4.78 is 6.09. The first-order valence-electron chi connectivity index (χ1n) is 5.58. The summed E-state index contributed by atoms with van der Waals surface area (Å²) in [7, 11) is 0. The average molecular weight is 314 g/mol. The summed E-state index contributed by atoms with van der Waals surface area (Å²) in [5, 5.41) is 8.48. The molecule has 0 radical (unpaired) electrons. The highest BCUT2D eigenvalue weighted by atomic mass is 79.9. The van der Waals surface area contributed by atoms with Gasteiger partial charge >= 0.3 is 6.09 Å². The number of hydrogen-bond acceptors (Lipinski definition) is 2. The van der Waals surface area contributed by atoms with Crippen molar-refractivity contribution in [3.05, 3.63) is 28.2 Å². The topological polar surface area (TPSA) is 63.9 Å². The van der Waals surface area contributed by atoms with Gasteiger partial charge in [-0.1, -0.05) is 15.9 Å². The second-order valence-corrected chi connectivity index (χ2v) is 5.92. The Morgan fingerprint density at radius 3 is 2.50 bits per heavy atom. The Balaban J connectivity index is 2.91. The van der Waals surface area contributed by atoms with Crippen LogP contribution in [0.4, 0.5) is 10.5 Å². The molecule has 1 aromatic rings. The quantitative estimate of drug-likeness (QED) is 0.823. The van der Waals surface area contributed by atoms with Gasteiger partial charge in [-0.2, -0.15) is 0 Å². The van der Waals surface area contributed by atoms with E-state index in [9.17, 15) is 4.79 Å². The predicted octanol–water partition coefficient (Wildman–Crippen LogP) is 2.36. The Bertz CT molecular complexity index is 478. The molecule has 3 N–H and O–H groups in total. The van der Waals surface area contributed by atoms with Gasteiger partial charge in [0.25, 0.3) is 0 Å². The number of carbonyl (C=O) groups is 1. The molecule has 5 heteroatoms. The maximum Gasteiger partial charge on any atom is 0.412 e. The molecule has 18 heavy (non-hydrogen) atoms. The zero-order valence-electron chi connectivity index (χ0n) is 11.0. The third kappa shape index (κ3) is 4.49. The fourth-order valence-electron chi connectivity index (χ4n) is 1.37. The van der Waals surface area contributed by atoms with Crippen LogP contribution in [-0.4, -0.2) is 17.4 Å². The highest BCUT2D eigenvalue weighted by molar-refractivity contribution is 9.10. The molecule has 0 aliphatic carbocycles. The zero-order valence-corrected chi connectivity index (χ0v) is 12.6. The van der Waals surface area contributed by atoms with Gasteiger partial charge in [0.1, 0.15) is 5.60 Å². The number of nitrogens with two attached hydrogens (primary N) is 1. The van der Waals surface area contributed by atoms with E-state index in [-0.39, 0.29) is 0 Å². The maximum absolute atomic E-state index is 11.7. The van der Waals surface area contributed by atoms with E-state index in [1.54, 1.807) is 13.0 Å². The third-order valence-electron chi connectivity index (χ3n) is 2.04. The molecular formula is C13H18BrN2O2+. The number of ether oxygens (including phenoxy) is 1. The van der Waals surface area contributed by atoms with E-state index >= 15 is 0 Å². The summed E-state index contributed by atoms with van der Waals surface area (Å²) in [6.45, 7) is 7.22. The monoisotopic (exact) mass is 313 g/mol. The number of rotatable bonds is 2. The minimum atomic E-state index is -0.527. The molecule has 1 rings (SSSR count). The van der Waals surface area contributed by atoms with Gasteiger partial charge in [0.15, 0.2) is 5.71 Å². The number of halogens is 1. The Kier molecular flexibility index (Phi) is 4.51. The average Bonchev–Trinajstić information content (AvgIpc) is 2.17. The van der Waals surface area contributed by atoms with Crippen LogP contribution in [0.15, 0.2) is 22.7 Å². The molecule has 0 aliphatic rings. The molecule has 0 bridgehead atoms. The van der Waals surface area contributed by atoms with Crippen molar-refractivity contribution >= 4 is 33.4 Å². The van der Waals surface area contributed by atoms with E-state index in [0.29, 0.717) is 11.4 Å². The van der Waals surface area contributed by atoms with E-state index < -0.39 is 11.7 Å². The molecule has 4 nitrogen and oxygen atoms in total. The lowest BCUT2D eigenvalue weighted by Crippen LogP contribution is -2.38. The number of anilines is 1. The van der Waals surface area contributed by atoms with Crippen LogP contribution in [0.2, 0.25) is 0 Å². The van der Waals surface area contributed by atoms with Crippen LogP contribution in [0.25, 0.3) is 0 Å². The molecule has 0 aromatic heterocycles. The first kappa shape index (κ1) is 14.7. The molecule has 0 atom stereocenters. The van der Waals surface area contributed by atoms with Crippen molar-refractivity contribution in [1.82, 2.24) is 0 Å². The minimum Gasteiger partial charge on any atom is -0.444 e. The van der Waals surface area contributed by atoms with Crippen LogP contribution >= 0.6 is 15.9 Å². The zero-order chi connectivity index (χ0) is 13.9. The molecule has 0 aliphatic heterocycles. The van der Waals surface area contributed by atoms with Gasteiger partial charge in [-0.25, -0.2) is 4.79 Å². The lowest BCUT2D eigenvalue weighted by Gasteiger charge is -2.20. The van der Waals surface area contributed by atoms with Gasteiger partial charge in [-0.3, -0.25) is 10.7 Å². The summed E-state index contributed by atoms with van der Waals surface area (Å²) in [5.74, 6) is 0. The summed E-state index contributed by atoms with van der Waals surface area (Å²) in [6, 6.07) is 5.46. The van der Waals surface area contributed by atoms with E-state index in [1.807, 2.05) is 32.9 Å². The van der Waals surface area contributed by atoms with Crippen molar-refractivity contribution in [1.29, 1.82) is 0 Å². The number of nitrogens with one attached hydrogen (secondary N) is 1. The smallest absolute Gasteiger partial charge is 0.412 e. The normalized spacial score (nSPS) is 10.9. The summed E-state index contributed by atoms with van der Waals surface area (Å²) >= 11 is 3.37. The number of carbonyl (C=O) groups excluding carboxylic acids is 1. The predicted molar refractivity (Wildman–Crippen MR) is 75.7 cm³/mol. The van der Waals surface area contributed by atoms with Crippen molar-refractivity contribution in [2.24, 2.45) is 0 Å². The van der Waals surface area contributed by atoms with Crippen molar-refractivity contribution < 1.29 is 14.9 Å². The van der Waals surface area contributed by atoms with Crippen molar-refractivity contribution in [2.75, 3.05) is 5.32 Å². The van der Waals surface area contributed by atoms with Gasteiger partial charge in [-0.15, -0.1) is 0 Å². The molecule has 0 saturated carbocycles. The van der Waals surface area contributed by atoms with Crippen molar-refractivity contribution in [2.45, 2.75) is 33.3 Å². The van der Waals surface area contributed by atoms with Gasteiger partial charge in [-0.05, 0) is 39.0 Å². The molecule has 1 amide bonds. The van der Waals surface area contributed by atoms with Crippen LogP contribution in [0.3, 0.4) is 0 Å². The SMILES string of the molecule is CC(=[NH2+])c1cc(Br)ccc1NC(=O)OC(C)(C)C. The molecule has 0 unspecified atom stereocenters. The summed E-state index contributed by atoms with van der Waals surface area (Å²) in [5.41, 5.74) is 1.51. The van der Waals surface area contributed by atoms with Gasteiger partial charge < -0.3 is 4.74 Å². The Hall–Kier alpha value is -1.36. The number of hydrogen-bond donors (Lipinski definition) is 2. The largest absolute Gasteiger partial charge is 0.444 e. The maximum atomic E-state index is 11.7. The third-order valence-corrected chi connectivity index (χ3v) is 2.54. The highest BCUT2D eigenvalue weighted by Crippen LogP contribution is 2.21.